The lowest BCUT2D eigenvalue weighted by Gasteiger charge is -2.21. The van der Waals surface area contributed by atoms with Crippen molar-refractivity contribution in [1.82, 2.24) is 5.32 Å². The molecule has 0 fully saturated rings. The standard InChI is InChI=1S/C16H27NO/c1-6-7-15(12-17-5)18-14-10-8-13(9-11-14)16(2,3)4/h8-11,15,17H,6-7,12H2,1-5H3. The summed E-state index contributed by atoms with van der Waals surface area (Å²) in [5.41, 5.74) is 1.54. The lowest BCUT2D eigenvalue weighted by molar-refractivity contribution is 0.189. The molecule has 0 aliphatic carbocycles. The molecule has 18 heavy (non-hydrogen) atoms. The van der Waals surface area contributed by atoms with Gasteiger partial charge in [-0.25, -0.2) is 0 Å². The molecule has 0 saturated heterocycles. The Kier molecular flexibility index (Phi) is 5.67. The van der Waals surface area contributed by atoms with Crippen LogP contribution in [0.1, 0.15) is 46.1 Å². The van der Waals surface area contributed by atoms with Gasteiger partial charge in [0.05, 0.1) is 0 Å². The number of hydrogen-bond acceptors (Lipinski definition) is 2. The van der Waals surface area contributed by atoms with Gasteiger partial charge in [0.1, 0.15) is 11.9 Å². The summed E-state index contributed by atoms with van der Waals surface area (Å²) in [6, 6.07) is 8.49. The van der Waals surface area contributed by atoms with Crippen molar-refractivity contribution in [3.05, 3.63) is 29.8 Å². The maximum atomic E-state index is 6.00. The van der Waals surface area contributed by atoms with Crippen molar-refractivity contribution >= 4 is 0 Å². The first-order chi connectivity index (χ1) is 8.47. The van der Waals surface area contributed by atoms with Gasteiger partial charge >= 0.3 is 0 Å². The smallest absolute Gasteiger partial charge is 0.119 e. The first-order valence-corrected chi connectivity index (χ1v) is 6.89. The Hall–Kier alpha value is -1.02. The van der Waals surface area contributed by atoms with Gasteiger partial charge in [-0.1, -0.05) is 46.2 Å². The molecule has 102 valence electrons. The second-order valence-electron chi connectivity index (χ2n) is 5.86. The first kappa shape index (κ1) is 15.0. The van der Waals surface area contributed by atoms with Crippen molar-refractivity contribution in [3.8, 4) is 5.75 Å². The first-order valence-electron chi connectivity index (χ1n) is 6.89. The van der Waals surface area contributed by atoms with Crippen LogP contribution in [-0.4, -0.2) is 19.7 Å². The van der Waals surface area contributed by atoms with Gasteiger partial charge < -0.3 is 10.1 Å². The molecule has 0 radical (unpaired) electrons. The molecular formula is C16H27NO. The third-order valence-electron chi connectivity index (χ3n) is 3.07. The molecular weight excluding hydrogens is 222 g/mol. The van der Waals surface area contributed by atoms with E-state index in [0.717, 1.165) is 25.1 Å². The van der Waals surface area contributed by atoms with Crippen molar-refractivity contribution < 1.29 is 4.74 Å². The maximum absolute atomic E-state index is 6.00. The quantitative estimate of drug-likeness (QED) is 0.829. The summed E-state index contributed by atoms with van der Waals surface area (Å²) >= 11 is 0. The summed E-state index contributed by atoms with van der Waals surface area (Å²) in [6.45, 7) is 9.76. The van der Waals surface area contributed by atoms with E-state index in [0.29, 0.717) is 0 Å². The fourth-order valence-corrected chi connectivity index (χ4v) is 1.98. The highest BCUT2D eigenvalue weighted by molar-refractivity contribution is 5.31. The third kappa shape index (κ3) is 4.69. The molecule has 0 aliphatic rings. The molecule has 1 aromatic carbocycles. The monoisotopic (exact) mass is 249 g/mol. The predicted octanol–water partition coefficient (Wildman–Crippen LogP) is 3.75. The fourth-order valence-electron chi connectivity index (χ4n) is 1.98. The summed E-state index contributed by atoms with van der Waals surface area (Å²) < 4.78 is 6.00. The van der Waals surface area contributed by atoms with Crippen LogP contribution in [-0.2, 0) is 5.41 Å². The molecule has 0 spiro atoms. The number of hydrogen-bond donors (Lipinski definition) is 1. The third-order valence-corrected chi connectivity index (χ3v) is 3.07. The Labute approximate surface area is 112 Å². The molecule has 0 amide bonds. The van der Waals surface area contributed by atoms with E-state index in [-0.39, 0.29) is 11.5 Å². The van der Waals surface area contributed by atoms with Crippen LogP contribution in [0.25, 0.3) is 0 Å². The van der Waals surface area contributed by atoms with Gasteiger partial charge in [0, 0.05) is 6.54 Å². The maximum Gasteiger partial charge on any atom is 0.119 e. The van der Waals surface area contributed by atoms with Gasteiger partial charge in [-0.2, -0.15) is 0 Å². The van der Waals surface area contributed by atoms with Crippen molar-refractivity contribution in [3.63, 3.8) is 0 Å². The van der Waals surface area contributed by atoms with E-state index in [9.17, 15) is 0 Å². The number of ether oxygens (including phenoxy) is 1. The minimum absolute atomic E-state index is 0.201. The Morgan fingerprint density at radius 1 is 1.17 bits per heavy atom. The minimum atomic E-state index is 0.201. The van der Waals surface area contributed by atoms with E-state index >= 15 is 0 Å². The summed E-state index contributed by atoms with van der Waals surface area (Å²) in [6.07, 6.45) is 2.49. The van der Waals surface area contributed by atoms with E-state index in [1.165, 1.54) is 5.56 Å². The number of rotatable bonds is 6. The van der Waals surface area contributed by atoms with Gasteiger partial charge in [-0.15, -0.1) is 0 Å². The molecule has 1 unspecified atom stereocenters. The van der Waals surface area contributed by atoms with Crippen LogP contribution in [0, 0.1) is 0 Å². The van der Waals surface area contributed by atoms with Gasteiger partial charge in [0.15, 0.2) is 0 Å². The summed E-state index contributed by atoms with van der Waals surface area (Å²) in [4.78, 5) is 0. The van der Waals surface area contributed by atoms with Gasteiger partial charge in [0.25, 0.3) is 0 Å². The molecule has 0 saturated carbocycles. The Balaban J connectivity index is 2.67. The second-order valence-corrected chi connectivity index (χ2v) is 5.86. The molecule has 1 N–H and O–H groups in total. The highest BCUT2D eigenvalue weighted by atomic mass is 16.5. The van der Waals surface area contributed by atoms with E-state index in [2.05, 4.69) is 57.3 Å². The highest BCUT2D eigenvalue weighted by Gasteiger charge is 2.14. The number of likely N-dealkylation sites (N-methyl/N-ethyl adjacent to an activating group) is 1. The molecule has 0 heterocycles. The van der Waals surface area contributed by atoms with Crippen LogP contribution in [0.3, 0.4) is 0 Å². The SMILES string of the molecule is CCCC(CNC)Oc1ccc(C(C)(C)C)cc1. The fraction of sp³-hybridized carbons (Fsp3) is 0.625. The van der Waals surface area contributed by atoms with E-state index < -0.39 is 0 Å². The van der Waals surface area contributed by atoms with Crippen LogP contribution in [0.4, 0.5) is 0 Å². The lowest BCUT2D eigenvalue weighted by atomic mass is 9.87. The van der Waals surface area contributed by atoms with Gasteiger partial charge in [0.2, 0.25) is 0 Å². The molecule has 0 aromatic heterocycles. The molecule has 2 heteroatoms. The molecule has 0 bridgehead atoms. The summed E-state index contributed by atoms with van der Waals surface area (Å²) in [7, 11) is 1.97. The highest BCUT2D eigenvalue weighted by Crippen LogP contribution is 2.24. The zero-order valence-corrected chi connectivity index (χ0v) is 12.4. The summed E-state index contributed by atoms with van der Waals surface area (Å²) in [5, 5.41) is 3.18. The van der Waals surface area contributed by atoms with Crippen molar-refractivity contribution in [2.24, 2.45) is 0 Å². The van der Waals surface area contributed by atoms with Crippen LogP contribution >= 0.6 is 0 Å². The lowest BCUT2D eigenvalue weighted by Crippen LogP contribution is -2.29. The minimum Gasteiger partial charge on any atom is -0.489 e. The zero-order chi connectivity index (χ0) is 13.6. The molecule has 1 atom stereocenters. The number of nitrogens with one attached hydrogen (secondary N) is 1. The van der Waals surface area contributed by atoms with Crippen LogP contribution < -0.4 is 10.1 Å². The summed E-state index contributed by atoms with van der Waals surface area (Å²) in [5.74, 6) is 0.969. The van der Waals surface area contributed by atoms with E-state index in [1.807, 2.05) is 7.05 Å². The molecule has 2 nitrogen and oxygen atoms in total. The Morgan fingerprint density at radius 2 is 1.78 bits per heavy atom. The largest absolute Gasteiger partial charge is 0.489 e. The Morgan fingerprint density at radius 3 is 2.22 bits per heavy atom. The van der Waals surface area contributed by atoms with Crippen LogP contribution in [0.15, 0.2) is 24.3 Å². The van der Waals surface area contributed by atoms with Crippen molar-refractivity contribution in [1.29, 1.82) is 0 Å². The Bertz CT molecular complexity index is 331. The molecule has 1 aromatic rings. The number of benzene rings is 1. The van der Waals surface area contributed by atoms with Crippen molar-refractivity contribution in [2.75, 3.05) is 13.6 Å². The van der Waals surface area contributed by atoms with E-state index in [1.54, 1.807) is 0 Å². The van der Waals surface area contributed by atoms with Crippen LogP contribution in [0.2, 0.25) is 0 Å². The zero-order valence-electron chi connectivity index (χ0n) is 12.4. The van der Waals surface area contributed by atoms with Crippen LogP contribution in [0.5, 0.6) is 5.75 Å². The second kappa shape index (κ2) is 6.79. The molecule has 0 aliphatic heterocycles. The van der Waals surface area contributed by atoms with Gasteiger partial charge in [-0.05, 0) is 36.6 Å². The van der Waals surface area contributed by atoms with Gasteiger partial charge in [-0.3, -0.25) is 0 Å². The average Bonchev–Trinajstić information content (AvgIpc) is 2.29. The normalized spacial score (nSPS) is 13.4. The van der Waals surface area contributed by atoms with E-state index in [4.69, 9.17) is 4.74 Å². The predicted molar refractivity (Wildman–Crippen MR) is 78.4 cm³/mol. The molecule has 1 rings (SSSR count). The topological polar surface area (TPSA) is 21.3 Å². The van der Waals surface area contributed by atoms with Crippen molar-refractivity contribution in [2.45, 2.75) is 52.1 Å². The average molecular weight is 249 g/mol.